The number of alkyl halides is 2. The number of ether oxygens (including phenoxy) is 2. The first kappa shape index (κ1) is 16.7. The van der Waals surface area contributed by atoms with Gasteiger partial charge in [0.25, 0.3) is 0 Å². The number of hydrogen-bond donors (Lipinski definition) is 2. The van der Waals surface area contributed by atoms with Gasteiger partial charge in [-0.3, -0.25) is 4.79 Å². The number of carbonyl (C=O) groups excluding carboxylic acids is 1. The summed E-state index contributed by atoms with van der Waals surface area (Å²) >= 11 is 0. The fourth-order valence-corrected chi connectivity index (χ4v) is 1.68. The molecule has 1 atom stereocenters. The van der Waals surface area contributed by atoms with E-state index in [0.717, 1.165) is 0 Å². The average Bonchev–Trinajstić information content (AvgIpc) is 2.41. The maximum atomic E-state index is 12.3. The van der Waals surface area contributed by atoms with Gasteiger partial charge in [-0.1, -0.05) is 6.07 Å². The second-order valence-corrected chi connectivity index (χ2v) is 3.97. The summed E-state index contributed by atoms with van der Waals surface area (Å²) in [6, 6.07) is 3.00. The summed E-state index contributed by atoms with van der Waals surface area (Å²) in [6.45, 7) is -1.08. The number of hydrogen-bond acceptors (Lipinski definition) is 4. The molecule has 0 aliphatic heterocycles. The molecule has 6 nitrogen and oxygen atoms in total. The van der Waals surface area contributed by atoms with Crippen molar-refractivity contribution >= 4 is 12.4 Å². The van der Waals surface area contributed by atoms with Crippen molar-refractivity contribution in [2.24, 2.45) is 0 Å². The first-order valence-corrected chi connectivity index (χ1v) is 6.11. The fourth-order valence-electron chi connectivity index (χ4n) is 1.68. The monoisotopic (exact) mass is 303 g/mol. The quantitative estimate of drug-likeness (QED) is 0.674. The Labute approximate surface area is 119 Å². The van der Waals surface area contributed by atoms with Crippen LogP contribution in [0.25, 0.3) is 0 Å². The molecular weight excluding hydrogens is 288 g/mol. The highest BCUT2D eigenvalue weighted by Crippen LogP contribution is 2.30. The van der Waals surface area contributed by atoms with Crippen molar-refractivity contribution in [2.75, 3.05) is 6.61 Å². The van der Waals surface area contributed by atoms with E-state index in [1.54, 1.807) is 6.92 Å². The molecule has 0 heterocycles. The number of amides is 1. The molecule has 2 N–H and O–H groups in total. The van der Waals surface area contributed by atoms with E-state index in [-0.39, 0.29) is 30.9 Å². The molecule has 116 valence electrons. The van der Waals surface area contributed by atoms with E-state index in [4.69, 9.17) is 9.84 Å². The number of rotatable bonds is 9. The van der Waals surface area contributed by atoms with Crippen molar-refractivity contribution in [3.8, 4) is 11.5 Å². The van der Waals surface area contributed by atoms with Crippen LogP contribution in [0.15, 0.2) is 18.2 Å². The zero-order chi connectivity index (χ0) is 15.8. The van der Waals surface area contributed by atoms with Gasteiger partial charge in [0.05, 0.1) is 6.61 Å². The lowest BCUT2D eigenvalue weighted by Crippen LogP contribution is -2.37. The summed E-state index contributed by atoms with van der Waals surface area (Å²) in [6.07, 6.45) is 0.277. The first-order valence-electron chi connectivity index (χ1n) is 6.11. The van der Waals surface area contributed by atoms with Crippen molar-refractivity contribution in [1.82, 2.24) is 5.32 Å². The largest absolute Gasteiger partial charge is 0.490 e. The van der Waals surface area contributed by atoms with Gasteiger partial charge in [0.1, 0.15) is 6.04 Å². The highest BCUT2D eigenvalue weighted by molar-refractivity contribution is 5.76. The van der Waals surface area contributed by atoms with Crippen LogP contribution in [0.2, 0.25) is 0 Å². The zero-order valence-corrected chi connectivity index (χ0v) is 11.2. The summed E-state index contributed by atoms with van der Waals surface area (Å²) in [4.78, 5) is 21.3. The number of nitrogens with one attached hydrogen (secondary N) is 1. The molecule has 0 aromatic heterocycles. The average molecular weight is 303 g/mol. The molecule has 1 aromatic carbocycles. The SMILES string of the molecule is CCOc1cc(CC(NC=O)C(=O)O)ccc1OC(F)F. The number of halogens is 2. The van der Waals surface area contributed by atoms with Gasteiger partial charge in [0, 0.05) is 6.42 Å². The maximum absolute atomic E-state index is 12.3. The third-order valence-corrected chi connectivity index (χ3v) is 2.53. The molecule has 0 fully saturated rings. The van der Waals surface area contributed by atoms with E-state index < -0.39 is 18.6 Å². The van der Waals surface area contributed by atoms with Crippen LogP contribution < -0.4 is 14.8 Å². The van der Waals surface area contributed by atoms with E-state index in [1.165, 1.54) is 18.2 Å². The van der Waals surface area contributed by atoms with E-state index in [2.05, 4.69) is 10.1 Å². The van der Waals surface area contributed by atoms with Gasteiger partial charge in [-0.25, -0.2) is 4.79 Å². The van der Waals surface area contributed by atoms with Gasteiger partial charge in [-0.15, -0.1) is 0 Å². The number of aliphatic carboxylic acids is 1. The number of carboxylic acids is 1. The Morgan fingerprint density at radius 3 is 2.67 bits per heavy atom. The molecule has 1 amide bonds. The van der Waals surface area contributed by atoms with Crippen LogP contribution in [0.5, 0.6) is 11.5 Å². The molecule has 1 rings (SSSR count). The lowest BCUT2D eigenvalue weighted by molar-refractivity contribution is -0.140. The summed E-state index contributed by atoms with van der Waals surface area (Å²) < 4.78 is 34.0. The first-order chi connectivity index (χ1) is 9.97. The van der Waals surface area contributed by atoms with Crippen molar-refractivity contribution in [3.05, 3.63) is 23.8 Å². The molecule has 0 aliphatic carbocycles. The molecule has 0 spiro atoms. The summed E-state index contributed by atoms with van der Waals surface area (Å²) in [5.74, 6) is -1.25. The Balaban J connectivity index is 2.95. The molecule has 8 heteroatoms. The second kappa shape index (κ2) is 8.03. The molecule has 0 aliphatic rings. The van der Waals surface area contributed by atoms with Crippen molar-refractivity contribution in [3.63, 3.8) is 0 Å². The molecule has 0 saturated carbocycles. The molecule has 1 aromatic rings. The highest BCUT2D eigenvalue weighted by atomic mass is 19.3. The van der Waals surface area contributed by atoms with Crippen LogP contribution in [-0.2, 0) is 16.0 Å². The molecule has 1 unspecified atom stereocenters. The van der Waals surface area contributed by atoms with Gasteiger partial charge >= 0.3 is 12.6 Å². The van der Waals surface area contributed by atoms with Crippen LogP contribution in [0, 0.1) is 0 Å². The van der Waals surface area contributed by atoms with Crippen LogP contribution >= 0.6 is 0 Å². The van der Waals surface area contributed by atoms with Crippen LogP contribution in [0.3, 0.4) is 0 Å². The minimum Gasteiger partial charge on any atom is -0.490 e. The number of carboxylic acid groups (broad SMARTS) is 1. The molecule has 0 bridgehead atoms. The lowest BCUT2D eigenvalue weighted by atomic mass is 10.1. The van der Waals surface area contributed by atoms with Crippen molar-refractivity contribution in [2.45, 2.75) is 26.0 Å². The molecule has 0 saturated heterocycles. The van der Waals surface area contributed by atoms with E-state index in [9.17, 15) is 18.4 Å². The van der Waals surface area contributed by atoms with Crippen molar-refractivity contribution in [1.29, 1.82) is 0 Å². The third kappa shape index (κ3) is 5.25. The standard InChI is InChI=1S/C13H15F2NO5/c1-2-20-11-6-8(3-4-10(11)21-13(14)15)5-9(12(18)19)16-7-17/h3-4,6-7,9,13H,2,5H2,1H3,(H,16,17)(H,18,19). The third-order valence-electron chi connectivity index (χ3n) is 2.53. The van der Waals surface area contributed by atoms with E-state index in [0.29, 0.717) is 5.56 Å². The Bertz CT molecular complexity index is 495. The maximum Gasteiger partial charge on any atom is 0.387 e. The van der Waals surface area contributed by atoms with Crippen LogP contribution in [0.4, 0.5) is 8.78 Å². The molecular formula is C13H15F2NO5. The predicted molar refractivity (Wildman–Crippen MR) is 68.6 cm³/mol. The number of carbonyl (C=O) groups is 2. The normalized spacial score (nSPS) is 11.8. The minimum absolute atomic E-state index is 0.0108. The predicted octanol–water partition coefficient (Wildman–Crippen LogP) is 1.43. The summed E-state index contributed by atoms with van der Waals surface area (Å²) in [7, 11) is 0. The Morgan fingerprint density at radius 2 is 2.14 bits per heavy atom. The summed E-state index contributed by atoms with van der Waals surface area (Å²) in [5, 5.41) is 11.1. The topological polar surface area (TPSA) is 84.9 Å². The van der Waals surface area contributed by atoms with Gasteiger partial charge in [-0.05, 0) is 24.6 Å². The second-order valence-electron chi connectivity index (χ2n) is 3.97. The molecule has 0 radical (unpaired) electrons. The zero-order valence-electron chi connectivity index (χ0n) is 11.2. The fraction of sp³-hybridized carbons (Fsp3) is 0.385. The molecule has 21 heavy (non-hydrogen) atoms. The van der Waals surface area contributed by atoms with E-state index >= 15 is 0 Å². The van der Waals surface area contributed by atoms with Gasteiger partial charge in [0.15, 0.2) is 11.5 Å². The highest BCUT2D eigenvalue weighted by Gasteiger charge is 2.18. The van der Waals surface area contributed by atoms with Gasteiger partial charge < -0.3 is 19.9 Å². The Hall–Kier alpha value is -2.38. The van der Waals surface area contributed by atoms with Gasteiger partial charge in [0.2, 0.25) is 6.41 Å². The van der Waals surface area contributed by atoms with Crippen LogP contribution in [-0.4, -0.2) is 36.7 Å². The Kier molecular flexibility index (Phi) is 6.38. The minimum atomic E-state index is -2.99. The van der Waals surface area contributed by atoms with Crippen molar-refractivity contribution < 1.29 is 33.0 Å². The Morgan fingerprint density at radius 1 is 1.43 bits per heavy atom. The smallest absolute Gasteiger partial charge is 0.387 e. The lowest BCUT2D eigenvalue weighted by Gasteiger charge is -2.15. The van der Waals surface area contributed by atoms with E-state index in [1.807, 2.05) is 0 Å². The number of benzene rings is 1. The van der Waals surface area contributed by atoms with Crippen LogP contribution in [0.1, 0.15) is 12.5 Å². The summed E-state index contributed by atoms with van der Waals surface area (Å²) in [5.41, 5.74) is 0.502. The van der Waals surface area contributed by atoms with Gasteiger partial charge in [-0.2, -0.15) is 8.78 Å².